The molecule has 1 unspecified atom stereocenters. The standard InChI is InChI=1S/C16H20N4O3/c1-3-16(9-23-16)8-22-11-5-4-10-12(13(11)21-2)19-15(17)20-7-6-18-14(10)20/h4-5,17-18H,3,6-9H2,1-2H3. The molecule has 1 saturated heterocycles. The summed E-state index contributed by atoms with van der Waals surface area (Å²) in [5, 5.41) is 12.4. The fraction of sp³-hybridized carbons (Fsp3) is 0.500. The van der Waals surface area contributed by atoms with Gasteiger partial charge in [0.25, 0.3) is 0 Å². The van der Waals surface area contributed by atoms with Gasteiger partial charge >= 0.3 is 0 Å². The molecular weight excluding hydrogens is 296 g/mol. The Hall–Kier alpha value is -2.28. The van der Waals surface area contributed by atoms with Gasteiger partial charge < -0.3 is 19.5 Å². The molecule has 7 nitrogen and oxygen atoms in total. The second kappa shape index (κ2) is 5.13. The summed E-state index contributed by atoms with van der Waals surface area (Å²) in [5.74, 6) is 2.12. The van der Waals surface area contributed by atoms with E-state index >= 15 is 0 Å². The molecule has 0 spiro atoms. The van der Waals surface area contributed by atoms with E-state index in [-0.39, 0.29) is 11.2 Å². The quantitative estimate of drug-likeness (QED) is 0.817. The van der Waals surface area contributed by atoms with E-state index in [0.717, 1.165) is 37.3 Å². The molecule has 0 aliphatic carbocycles. The average Bonchev–Trinajstić information content (AvgIpc) is 3.18. The molecule has 0 radical (unpaired) electrons. The van der Waals surface area contributed by atoms with Gasteiger partial charge in [0.1, 0.15) is 23.5 Å². The molecule has 2 aromatic rings. The van der Waals surface area contributed by atoms with Gasteiger partial charge in [0, 0.05) is 18.5 Å². The van der Waals surface area contributed by atoms with Crippen molar-refractivity contribution in [3.63, 3.8) is 0 Å². The molecule has 122 valence electrons. The third-order valence-corrected chi connectivity index (χ3v) is 4.61. The molecule has 3 heterocycles. The largest absolute Gasteiger partial charge is 0.491 e. The zero-order chi connectivity index (χ0) is 16.0. The molecule has 1 aromatic carbocycles. The van der Waals surface area contributed by atoms with Crippen LogP contribution in [0.3, 0.4) is 0 Å². The number of nitrogens with zero attached hydrogens (tertiary/aromatic N) is 2. The Bertz CT molecular complexity index is 826. The zero-order valence-electron chi connectivity index (χ0n) is 13.3. The number of rotatable bonds is 5. The second-order valence-corrected chi connectivity index (χ2v) is 5.97. The summed E-state index contributed by atoms with van der Waals surface area (Å²) in [6.07, 6.45) is 0.923. The molecule has 1 fully saturated rings. The van der Waals surface area contributed by atoms with E-state index in [1.54, 1.807) is 7.11 Å². The highest BCUT2D eigenvalue weighted by Gasteiger charge is 2.44. The van der Waals surface area contributed by atoms with Crippen LogP contribution in [-0.2, 0) is 11.3 Å². The minimum atomic E-state index is -0.149. The van der Waals surface area contributed by atoms with Crippen LogP contribution < -0.4 is 20.4 Å². The van der Waals surface area contributed by atoms with E-state index < -0.39 is 0 Å². The van der Waals surface area contributed by atoms with Crippen LogP contribution in [0.15, 0.2) is 12.1 Å². The molecule has 2 aliphatic heterocycles. The first-order valence-corrected chi connectivity index (χ1v) is 7.84. The molecule has 23 heavy (non-hydrogen) atoms. The lowest BCUT2D eigenvalue weighted by Crippen LogP contribution is -2.22. The smallest absolute Gasteiger partial charge is 0.224 e. The Balaban J connectivity index is 1.78. The van der Waals surface area contributed by atoms with Gasteiger partial charge in [-0.25, -0.2) is 4.98 Å². The number of nitrogens with one attached hydrogen (secondary N) is 2. The van der Waals surface area contributed by atoms with Gasteiger partial charge in [0.05, 0.1) is 13.7 Å². The Morgan fingerprint density at radius 3 is 3.00 bits per heavy atom. The Kier molecular flexibility index (Phi) is 3.19. The topological polar surface area (TPSA) is 84.7 Å². The summed E-state index contributed by atoms with van der Waals surface area (Å²) in [6, 6.07) is 3.87. The predicted molar refractivity (Wildman–Crippen MR) is 85.1 cm³/mol. The number of anilines is 1. The third-order valence-electron chi connectivity index (χ3n) is 4.61. The lowest BCUT2D eigenvalue weighted by atomic mass is 10.1. The molecule has 0 saturated carbocycles. The van der Waals surface area contributed by atoms with Crippen LogP contribution >= 0.6 is 0 Å². The first kappa shape index (κ1) is 14.3. The summed E-state index contributed by atoms with van der Waals surface area (Å²) in [4.78, 5) is 4.41. The summed E-state index contributed by atoms with van der Waals surface area (Å²) in [6.45, 7) is 4.89. The van der Waals surface area contributed by atoms with Crippen molar-refractivity contribution in [3.05, 3.63) is 17.8 Å². The Morgan fingerprint density at radius 1 is 1.48 bits per heavy atom. The minimum Gasteiger partial charge on any atom is -0.491 e. The highest BCUT2D eigenvalue weighted by Crippen LogP contribution is 2.39. The maximum absolute atomic E-state index is 8.11. The van der Waals surface area contributed by atoms with Crippen molar-refractivity contribution in [3.8, 4) is 11.5 Å². The van der Waals surface area contributed by atoms with Gasteiger partial charge in [-0.15, -0.1) is 0 Å². The van der Waals surface area contributed by atoms with Crippen LogP contribution in [0.5, 0.6) is 11.5 Å². The fourth-order valence-electron chi connectivity index (χ4n) is 2.98. The number of ether oxygens (including phenoxy) is 3. The molecule has 1 aromatic heterocycles. The average molecular weight is 316 g/mol. The van der Waals surface area contributed by atoms with E-state index in [2.05, 4.69) is 17.2 Å². The van der Waals surface area contributed by atoms with E-state index in [4.69, 9.17) is 19.6 Å². The van der Waals surface area contributed by atoms with Crippen molar-refractivity contribution in [2.75, 3.05) is 32.2 Å². The Labute approximate surface area is 133 Å². The van der Waals surface area contributed by atoms with Gasteiger partial charge in [-0.3, -0.25) is 9.98 Å². The number of hydrogen-bond acceptors (Lipinski definition) is 6. The maximum atomic E-state index is 8.11. The third kappa shape index (κ3) is 2.23. The van der Waals surface area contributed by atoms with Crippen LogP contribution in [0.2, 0.25) is 0 Å². The lowest BCUT2D eigenvalue weighted by molar-refractivity contribution is 0.181. The van der Waals surface area contributed by atoms with Gasteiger partial charge in [-0.1, -0.05) is 6.92 Å². The van der Waals surface area contributed by atoms with Crippen LogP contribution in [0.25, 0.3) is 10.9 Å². The first-order valence-electron chi connectivity index (χ1n) is 7.84. The summed E-state index contributed by atoms with van der Waals surface area (Å²) < 4.78 is 18.8. The predicted octanol–water partition coefficient (Wildman–Crippen LogP) is 1.51. The van der Waals surface area contributed by atoms with Crippen molar-refractivity contribution in [1.29, 1.82) is 5.41 Å². The van der Waals surface area contributed by atoms with Crippen molar-refractivity contribution in [1.82, 2.24) is 9.55 Å². The van der Waals surface area contributed by atoms with E-state index in [1.807, 2.05) is 16.7 Å². The number of methoxy groups -OCH3 is 1. The number of fused-ring (bicyclic) bond motifs is 3. The van der Waals surface area contributed by atoms with Gasteiger partial charge in [0.2, 0.25) is 5.62 Å². The SMILES string of the molecule is CCC1(COc2ccc3c4n(c(=N)nc3c2OC)CCN4)CO1. The monoisotopic (exact) mass is 316 g/mol. The minimum absolute atomic E-state index is 0.149. The van der Waals surface area contributed by atoms with Crippen LogP contribution in [0.4, 0.5) is 5.82 Å². The van der Waals surface area contributed by atoms with Crippen molar-refractivity contribution in [2.45, 2.75) is 25.5 Å². The molecular formula is C16H20N4O3. The van der Waals surface area contributed by atoms with Gasteiger partial charge in [-0.05, 0) is 18.6 Å². The van der Waals surface area contributed by atoms with Gasteiger partial charge in [-0.2, -0.15) is 0 Å². The number of benzene rings is 1. The molecule has 7 heteroatoms. The highest BCUT2D eigenvalue weighted by atomic mass is 16.6. The fourth-order valence-corrected chi connectivity index (χ4v) is 2.98. The zero-order valence-corrected chi connectivity index (χ0v) is 13.3. The van der Waals surface area contributed by atoms with Crippen LogP contribution in [0, 0.1) is 5.41 Å². The van der Waals surface area contributed by atoms with Crippen molar-refractivity contribution < 1.29 is 14.2 Å². The molecule has 1 atom stereocenters. The summed E-state index contributed by atoms with van der Waals surface area (Å²) in [7, 11) is 1.60. The summed E-state index contributed by atoms with van der Waals surface area (Å²) >= 11 is 0. The highest BCUT2D eigenvalue weighted by molar-refractivity contribution is 5.95. The van der Waals surface area contributed by atoms with E-state index in [9.17, 15) is 0 Å². The van der Waals surface area contributed by atoms with Gasteiger partial charge in [0.15, 0.2) is 11.5 Å². The maximum Gasteiger partial charge on any atom is 0.224 e. The molecule has 4 rings (SSSR count). The van der Waals surface area contributed by atoms with E-state index in [0.29, 0.717) is 23.6 Å². The summed E-state index contributed by atoms with van der Waals surface area (Å²) in [5.41, 5.74) is 0.727. The van der Waals surface area contributed by atoms with Crippen molar-refractivity contribution in [2.24, 2.45) is 0 Å². The molecule has 2 aliphatic rings. The lowest BCUT2D eigenvalue weighted by Gasteiger charge is -2.16. The molecule has 0 amide bonds. The Morgan fingerprint density at radius 2 is 2.30 bits per heavy atom. The van der Waals surface area contributed by atoms with E-state index in [1.165, 1.54) is 0 Å². The molecule has 2 N–H and O–H groups in total. The normalized spacial score (nSPS) is 21.8. The second-order valence-electron chi connectivity index (χ2n) is 5.97. The van der Waals surface area contributed by atoms with Crippen molar-refractivity contribution >= 4 is 16.7 Å². The number of aromatic nitrogens is 2. The van der Waals surface area contributed by atoms with Crippen LogP contribution in [0.1, 0.15) is 13.3 Å². The van der Waals surface area contributed by atoms with Crippen LogP contribution in [-0.4, -0.2) is 42.0 Å². The number of hydrogen-bond donors (Lipinski definition) is 2. The number of epoxide rings is 1. The first-order chi connectivity index (χ1) is 11.2. The molecule has 0 bridgehead atoms.